The molecule has 1 aromatic heterocycles. The van der Waals surface area contributed by atoms with Crippen LogP contribution in [0.15, 0.2) is 84.5 Å². The van der Waals surface area contributed by atoms with Gasteiger partial charge in [0.25, 0.3) is 6.47 Å². The minimum atomic E-state index is -0.406. The second-order valence-corrected chi connectivity index (χ2v) is 14.1. The quantitative estimate of drug-likeness (QED) is 0.0174. The number of fused-ring (bicyclic) bond motifs is 1. The van der Waals surface area contributed by atoms with Crippen molar-refractivity contribution >= 4 is 57.3 Å². The summed E-state index contributed by atoms with van der Waals surface area (Å²) in [5.74, 6) is -0.219. The fourth-order valence-electron chi connectivity index (χ4n) is 5.87. The molecule has 54 heavy (non-hydrogen) atoms. The van der Waals surface area contributed by atoms with Crippen molar-refractivity contribution < 1.29 is 42.9 Å². The van der Waals surface area contributed by atoms with Gasteiger partial charge >= 0.3 is 17.9 Å². The van der Waals surface area contributed by atoms with Crippen molar-refractivity contribution in [1.29, 1.82) is 0 Å². The Labute approximate surface area is 318 Å². The van der Waals surface area contributed by atoms with E-state index in [1.807, 2.05) is 38.1 Å². The maximum atomic E-state index is 13.4. The standard InChI is InChI=1S/C41H45N3O9S/c1-4-38(46)50-24-10-6-5-9-23-49-32-17-19-33(20-18-32)52-39(47)29-13-15-30(16-14-29)40(48)53-36-22-21-34(51-27-45)25-31(36)26-42-44(28(2)3)41-43-35-11-7-8-12-37(35)54-41/h4,7-8,11-12,17-22,25-30H,1,5-6,9-10,13-16,23-24H2,2-3H3/b42-26+/t29-,30-. The van der Waals surface area contributed by atoms with Gasteiger partial charge < -0.3 is 23.7 Å². The summed E-state index contributed by atoms with van der Waals surface area (Å²) in [5.41, 5.74) is 1.32. The van der Waals surface area contributed by atoms with Gasteiger partial charge in [0, 0.05) is 17.7 Å². The lowest BCUT2D eigenvalue weighted by Gasteiger charge is -2.26. The lowest BCUT2D eigenvalue weighted by molar-refractivity contribution is -0.145. The molecule has 0 amide bonds. The van der Waals surface area contributed by atoms with Gasteiger partial charge in [-0.25, -0.2) is 14.8 Å². The van der Waals surface area contributed by atoms with E-state index in [4.69, 9.17) is 33.8 Å². The van der Waals surface area contributed by atoms with Crippen molar-refractivity contribution in [3.05, 3.63) is 84.9 Å². The van der Waals surface area contributed by atoms with Crippen LogP contribution < -0.4 is 24.0 Å². The highest BCUT2D eigenvalue weighted by atomic mass is 32.1. The first-order valence-electron chi connectivity index (χ1n) is 18.1. The van der Waals surface area contributed by atoms with Crippen molar-refractivity contribution in [2.24, 2.45) is 16.9 Å². The van der Waals surface area contributed by atoms with Crippen LogP contribution in [-0.2, 0) is 23.9 Å². The number of carbonyl (C=O) groups is 4. The van der Waals surface area contributed by atoms with Crippen molar-refractivity contribution in [3.63, 3.8) is 0 Å². The predicted octanol–water partition coefficient (Wildman–Crippen LogP) is 8.07. The Balaban J connectivity index is 1.09. The number of hydrazone groups is 1. The summed E-state index contributed by atoms with van der Waals surface area (Å²) in [5, 5.41) is 7.19. The molecule has 3 aromatic carbocycles. The smallest absolute Gasteiger partial charge is 0.330 e. The summed E-state index contributed by atoms with van der Waals surface area (Å²) in [4.78, 5) is 53.2. The molecule has 13 heteroatoms. The molecule has 0 saturated heterocycles. The molecule has 4 aromatic rings. The summed E-state index contributed by atoms with van der Waals surface area (Å²) < 4.78 is 28.4. The molecular weight excluding hydrogens is 711 g/mol. The number of carbonyl (C=O) groups excluding carboxylic acids is 4. The Morgan fingerprint density at radius 1 is 0.870 bits per heavy atom. The highest BCUT2D eigenvalue weighted by molar-refractivity contribution is 7.22. The summed E-state index contributed by atoms with van der Waals surface area (Å²) >= 11 is 1.52. The highest BCUT2D eigenvalue weighted by Crippen LogP contribution is 2.34. The van der Waals surface area contributed by atoms with E-state index >= 15 is 0 Å². The van der Waals surface area contributed by atoms with Crippen LogP contribution in [0.3, 0.4) is 0 Å². The number of anilines is 1. The Bertz CT molecular complexity index is 1880. The largest absolute Gasteiger partial charge is 0.494 e. The molecule has 1 aliphatic rings. The van der Waals surface area contributed by atoms with Gasteiger partial charge in [-0.3, -0.25) is 14.4 Å². The first-order valence-corrected chi connectivity index (χ1v) is 18.9. The summed E-state index contributed by atoms with van der Waals surface area (Å²) in [6, 6.07) is 19.5. The van der Waals surface area contributed by atoms with Gasteiger partial charge in [0.15, 0.2) is 0 Å². The summed E-state index contributed by atoms with van der Waals surface area (Å²) in [6.45, 7) is 8.63. The number of nitrogens with zero attached hydrogens (tertiary/aromatic N) is 3. The number of rotatable bonds is 19. The van der Waals surface area contributed by atoms with E-state index in [0.717, 1.165) is 42.0 Å². The Kier molecular flexibility index (Phi) is 14.7. The molecule has 0 N–H and O–H groups in total. The zero-order valence-corrected chi connectivity index (χ0v) is 31.3. The van der Waals surface area contributed by atoms with E-state index in [-0.39, 0.29) is 29.4 Å². The van der Waals surface area contributed by atoms with E-state index in [1.165, 1.54) is 11.3 Å². The maximum Gasteiger partial charge on any atom is 0.330 e. The average molecular weight is 756 g/mol. The highest BCUT2D eigenvalue weighted by Gasteiger charge is 2.32. The fraction of sp³-hybridized carbons (Fsp3) is 0.366. The first kappa shape index (κ1) is 39.6. The van der Waals surface area contributed by atoms with Crippen molar-refractivity contribution in [2.45, 2.75) is 71.3 Å². The number of aromatic nitrogens is 1. The normalized spacial score (nSPS) is 15.5. The van der Waals surface area contributed by atoms with E-state index in [2.05, 4.69) is 6.58 Å². The van der Waals surface area contributed by atoms with Crippen molar-refractivity contribution in [1.82, 2.24) is 4.98 Å². The monoisotopic (exact) mass is 755 g/mol. The van der Waals surface area contributed by atoms with Gasteiger partial charge in [-0.15, -0.1) is 0 Å². The molecule has 1 saturated carbocycles. The number of ether oxygens (including phenoxy) is 5. The van der Waals surface area contributed by atoms with Gasteiger partial charge in [-0.05, 0) is 120 Å². The average Bonchev–Trinajstić information content (AvgIpc) is 3.61. The SMILES string of the molecule is C=CC(=O)OCCCCCCOc1ccc(OC(=O)[C@H]2CC[C@H](C(=O)Oc3ccc(OC=O)cc3/C=N/N(c3nc4ccccc4s3)C(C)C)CC2)cc1. The number of hydrogen-bond acceptors (Lipinski definition) is 13. The third-order valence-electron chi connectivity index (χ3n) is 8.82. The fourth-order valence-corrected chi connectivity index (χ4v) is 6.93. The lowest BCUT2D eigenvalue weighted by atomic mass is 9.82. The molecule has 1 fully saturated rings. The second kappa shape index (κ2) is 20.0. The molecular formula is C41H45N3O9S. The van der Waals surface area contributed by atoms with Gasteiger partial charge in [0.2, 0.25) is 5.13 Å². The minimum absolute atomic E-state index is 0.0291. The zero-order valence-electron chi connectivity index (χ0n) is 30.5. The van der Waals surface area contributed by atoms with Crippen LogP contribution in [0.25, 0.3) is 10.2 Å². The second-order valence-electron chi connectivity index (χ2n) is 13.1. The summed E-state index contributed by atoms with van der Waals surface area (Å²) in [6.07, 6.45) is 8.18. The molecule has 0 spiro atoms. The lowest BCUT2D eigenvalue weighted by Crippen LogP contribution is -2.30. The topological polar surface area (TPSA) is 143 Å². The van der Waals surface area contributed by atoms with E-state index in [1.54, 1.807) is 53.7 Å². The number of para-hydroxylation sites is 1. The Hall–Kier alpha value is -5.56. The van der Waals surface area contributed by atoms with Crippen molar-refractivity contribution in [3.8, 4) is 23.0 Å². The number of thiazole rings is 1. The Morgan fingerprint density at radius 3 is 2.19 bits per heavy atom. The molecule has 0 atom stereocenters. The van der Waals surface area contributed by atoms with Gasteiger partial charge in [-0.1, -0.05) is 30.0 Å². The number of esters is 3. The zero-order chi connectivity index (χ0) is 38.3. The molecule has 12 nitrogen and oxygen atoms in total. The number of hydrogen-bond donors (Lipinski definition) is 0. The molecule has 0 bridgehead atoms. The van der Waals surface area contributed by atoms with Crippen LogP contribution in [-0.4, -0.2) is 54.8 Å². The van der Waals surface area contributed by atoms with Crippen LogP contribution in [0.5, 0.6) is 23.0 Å². The predicted molar refractivity (Wildman–Crippen MR) is 206 cm³/mol. The molecule has 1 aliphatic carbocycles. The Morgan fingerprint density at radius 2 is 1.52 bits per heavy atom. The van der Waals surface area contributed by atoms with Crippen LogP contribution in [0.1, 0.15) is 70.8 Å². The van der Waals surface area contributed by atoms with Crippen molar-refractivity contribution in [2.75, 3.05) is 18.2 Å². The van der Waals surface area contributed by atoms with Gasteiger partial charge in [0.05, 0.1) is 41.5 Å². The third-order valence-corrected chi connectivity index (χ3v) is 9.85. The molecule has 5 rings (SSSR count). The first-order chi connectivity index (χ1) is 26.2. The number of unbranched alkanes of at least 4 members (excludes halogenated alkanes) is 3. The summed E-state index contributed by atoms with van der Waals surface area (Å²) in [7, 11) is 0. The molecule has 0 radical (unpaired) electrons. The van der Waals surface area contributed by atoms with E-state index in [0.29, 0.717) is 67.6 Å². The molecule has 284 valence electrons. The van der Waals surface area contributed by atoms with Crippen LogP contribution in [0, 0.1) is 11.8 Å². The third kappa shape index (κ3) is 11.5. The van der Waals surface area contributed by atoms with Gasteiger partial charge in [-0.2, -0.15) is 5.10 Å². The van der Waals surface area contributed by atoms with Crippen LogP contribution in [0.2, 0.25) is 0 Å². The molecule has 0 unspecified atom stereocenters. The van der Waals surface area contributed by atoms with Gasteiger partial charge in [0.1, 0.15) is 23.0 Å². The van der Waals surface area contributed by atoms with Crippen LogP contribution >= 0.6 is 11.3 Å². The maximum absolute atomic E-state index is 13.4. The van der Waals surface area contributed by atoms with Crippen LogP contribution in [0.4, 0.5) is 5.13 Å². The molecule has 0 aliphatic heterocycles. The number of benzene rings is 3. The molecule has 1 heterocycles. The minimum Gasteiger partial charge on any atom is -0.494 e. The van der Waals surface area contributed by atoms with E-state index in [9.17, 15) is 19.2 Å². The van der Waals surface area contributed by atoms with E-state index < -0.39 is 17.9 Å².